The molecule has 3 unspecified atom stereocenters. The monoisotopic (exact) mass is 938 g/mol. The Bertz CT molecular complexity index is 1750. The normalized spacial score (nSPS) is 20.5. The number of rotatable bonds is 28. The number of benzene rings is 2. The van der Waals surface area contributed by atoms with Crippen molar-refractivity contribution in [2.75, 3.05) is 77.8 Å². The number of fused-ring (bicyclic) bond motifs is 1. The molecule has 1 aliphatic carbocycles. The molecule has 2 heterocycles. The van der Waals surface area contributed by atoms with Crippen LogP contribution < -0.4 is 14.4 Å². The molecular weight excluding hydrogens is 876 g/mol. The zero-order valence-corrected chi connectivity index (χ0v) is 37.9. The van der Waals surface area contributed by atoms with E-state index in [9.17, 15) is 29.8 Å². The van der Waals surface area contributed by atoms with Crippen molar-refractivity contribution in [3.8, 4) is 11.5 Å². The summed E-state index contributed by atoms with van der Waals surface area (Å²) in [6.45, 7) is 3.08. The number of hydrogen-bond acceptors (Lipinski definition) is 17. The highest BCUT2D eigenvalue weighted by Gasteiger charge is 2.45. The third-order valence-electron chi connectivity index (χ3n) is 11.3. The summed E-state index contributed by atoms with van der Waals surface area (Å²) >= 11 is 6.07. The van der Waals surface area contributed by atoms with E-state index in [1.807, 2.05) is 30.3 Å². The van der Waals surface area contributed by atoms with Crippen LogP contribution in [0, 0.1) is 20.2 Å². The highest BCUT2D eigenvalue weighted by molar-refractivity contribution is 6.30. The third-order valence-corrected chi connectivity index (χ3v) is 11.5. The molecule has 2 fully saturated rings. The largest absolute Gasteiger partial charge is 0.508 e. The van der Waals surface area contributed by atoms with Gasteiger partial charge in [0.2, 0.25) is 0 Å². The summed E-state index contributed by atoms with van der Waals surface area (Å²) in [6.07, 6.45) is 3.91. The lowest BCUT2D eigenvalue weighted by Crippen LogP contribution is -2.60. The lowest BCUT2D eigenvalue weighted by atomic mass is 9.93. The fourth-order valence-electron chi connectivity index (χ4n) is 7.95. The lowest BCUT2D eigenvalue weighted by Gasteiger charge is -2.43. The molecule has 362 valence electrons. The Kier molecular flexibility index (Phi) is 22.0. The van der Waals surface area contributed by atoms with Gasteiger partial charge in [-0.1, -0.05) is 30.5 Å². The summed E-state index contributed by atoms with van der Waals surface area (Å²) in [4.78, 5) is 60.3. The summed E-state index contributed by atoms with van der Waals surface area (Å²) in [6, 6.07) is 13.2. The second-order valence-electron chi connectivity index (χ2n) is 16.1. The Labute approximate surface area is 384 Å². The summed E-state index contributed by atoms with van der Waals surface area (Å²) in [5.74, 6) is 1.51. The van der Waals surface area contributed by atoms with Crippen LogP contribution in [0.1, 0.15) is 89.0 Å². The van der Waals surface area contributed by atoms with E-state index in [1.165, 1.54) is 4.90 Å². The number of likely N-dealkylation sites (tertiary alicyclic amines) is 1. The van der Waals surface area contributed by atoms with Crippen LogP contribution in [0.15, 0.2) is 42.5 Å². The highest BCUT2D eigenvalue weighted by Crippen LogP contribution is 2.34. The smallest absolute Gasteiger partial charge is 0.490 e. The Morgan fingerprint density at radius 3 is 2.06 bits per heavy atom. The molecule has 1 saturated carbocycles. The lowest BCUT2D eigenvalue weighted by molar-refractivity contribution is -0.757. The van der Waals surface area contributed by atoms with Crippen LogP contribution in [0.4, 0.5) is 15.3 Å². The molecule has 20 nitrogen and oxygen atoms in total. The summed E-state index contributed by atoms with van der Waals surface area (Å²) in [7, 11) is 1.68. The molecule has 0 N–H and O–H groups in total. The van der Waals surface area contributed by atoms with Crippen molar-refractivity contribution >= 4 is 29.5 Å². The minimum atomic E-state index is -0.995. The molecular formula is C44H63ClN4O16. The topological polar surface area (TPSA) is 219 Å². The number of halogens is 1. The van der Waals surface area contributed by atoms with Gasteiger partial charge < -0.3 is 57.4 Å². The van der Waals surface area contributed by atoms with Gasteiger partial charge in [0.25, 0.3) is 10.2 Å². The average Bonchev–Trinajstić information content (AvgIpc) is 3.29. The molecule has 2 aromatic carbocycles. The number of carbonyl (C=O) groups is 2. The SMILES string of the molecule is COCCCN1CCOc2ccc(COC3CN(C(=O)OCCCCCCO[N+](=O)[O-])CC(OC(=O)OCCCCCCO[N+](=O)[O-])C3OC3CCC(Oc4ccc(Cl)cc4)CC3)cc21. The first kappa shape index (κ1) is 50.9. The van der Waals surface area contributed by atoms with E-state index >= 15 is 0 Å². The maximum atomic E-state index is 13.7. The predicted octanol–water partition coefficient (Wildman–Crippen LogP) is 7.75. The summed E-state index contributed by atoms with van der Waals surface area (Å²) in [5.41, 5.74) is 1.82. The van der Waals surface area contributed by atoms with Gasteiger partial charge in [-0.3, -0.25) is 0 Å². The minimum Gasteiger partial charge on any atom is -0.490 e. The van der Waals surface area contributed by atoms with Gasteiger partial charge in [0.05, 0.1) is 70.6 Å². The standard InChI is InChI=1S/C44H63ClN4O16/c1-56-23-10-21-46-22-28-57-39-20-11-33(29-38(39)46)32-60-40-30-47(43(50)58-24-6-2-4-8-26-61-48(52)53)31-41(65-44(51)59-25-7-3-5-9-27-62-49(54)55)42(40)64-37-18-16-36(17-19-37)63-35-14-12-34(45)13-15-35/h11-15,20,29,36-37,40-42H,2-10,16-19,21-28,30-32H2,1H3. The fraction of sp³-hybridized carbons (Fsp3) is 0.682. The van der Waals surface area contributed by atoms with Gasteiger partial charge in [0.15, 0.2) is 6.10 Å². The van der Waals surface area contributed by atoms with Gasteiger partial charge in [-0.15, -0.1) is 20.2 Å². The second-order valence-corrected chi connectivity index (χ2v) is 16.6. The first-order valence-corrected chi connectivity index (χ1v) is 22.9. The number of amides is 1. The zero-order chi connectivity index (χ0) is 46.2. The molecule has 0 aromatic heterocycles. The number of anilines is 1. The Balaban J connectivity index is 1.28. The van der Waals surface area contributed by atoms with Crippen molar-refractivity contribution in [1.82, 2.24) is 4.90 Å². The molecule has 1 amide bonds. The third kappa shape index (κ3) is 18.4. The van der Waals surface area contributed by atoms with E-state index in [4.69, 9.17) is 49.5 Å². The second kappa shape index (κ2) is 28.1. The van der Waals surface area contributed by atoms with E-state index < -0.39 is 40.7 Å². The zero-order valence-electron chi connectivity index (χ0n) is 37.1. The molecule has 5 rings (SSSR count). The average molecular weight is 939 g/mol. The molecule has 0 bridgehead atoms. The fourth-order valence-corrected chi connectivity index (χ4v) is 8.07. The Morgan fingerprint density at radius 2 is 1.40 bits per heavy atom. The van der Waals surface area contributed by atoms with Gasteiger partial charge >= 0.3 is 12.2 Å². The van der Waals surface area contributed by atoms with Gasteiger partial charge in [0.1, 0.15) is 30.3 Å². The number of nitrogens with zero attached hydrogens (tertiary/aromatic N) is 4. The Hall–Kier alpha value is -5.05. The molecule has 3 atom stereocenters. The van der Waals surface area contributed by atoms with Crippen LogP contribution >= 0.6 is 11.6 Å². The van der Waals surface area contributed by atoms with Crippen molar-refractivity contribution in [2.24, 2.45) is 0 Å². The van der Waals surface area contributed by atoms with Crippen LogP contribution in [-0.2, 0) is 44.7 Å². The predicted molar refractivity (Wildman–Crippen MR) is 234 cm³/mol. The van der Waals surface area contributed by atoms with Crippen molar-refractivity contribution in [1.29, 1.82) is 0 Å². The Morgan fingerprint density at radius 1 is 0.769 bits per heavy atom. The number of piperidine rings is 1. The van der Waals surface area contributed by atoms with Crippen molar-refractivity contribution in [3.63, 3.8) is 0 Å². The molecule has 3 aliphatic rings. The quantitative estimate of drug-likeness (QED) is 0.0344. The maximum Gasteiger partial charge on any atom is 0.508 e. The first-order valence-electron chi connectivity index (χ1n) is 22.6. The van der Waals surface area contributed by atoms with E-state index in [-0.39, 0.29) is 58.3 Å². The van der Waals surface area contributed by atoms with Gasteiger partial charge in [-0.2, -0.15) is 0 Å². The van der Waals surface area contributed by atoms with Gasteiger partial charge in [-0.05, 0) is 113 Å². The first-order chi connectivity index (χ1) is 31.6. The molecule has 2 aromatic rings. The van der Waals surface area contributed by atoms with Crippen molar-refractivity contribution < 1.29 is 67.3 Å². The van der Waals surface area contributed by atoms with E-state index in [2.05, 4.69) is 14.6 Å². The molecule has 1 saturated heterocycles. The van der Waals surface area contributed by atoms with E-state index in [0.29, 0.717) is 82.4 Å². The molecule has 21 heteroatoms. The highest BCUT2D eigenvalue weighted by atomic mass is 35.5. The van der Waals surface area contributed by atoms with Crippen LogP contribution in [-0.4, -0.2) is 131 Å². The minimum absolute atomic E-state index is 0.000934. The number of ether oxygens (including phenoxy) is 8. The van der Waals surface area contributed by atoms with Crippen molar-refractivity contribution in [2.45, 2.75) is 121 Å². The summed E-state index contributed by atoms with van der Waals surface area (Å²) < 4.78 is 48.1. The van der Waals surface area contributed by atoms with Crippen molar-refractivity contribution in [3.05, 3.63) is 73.3 Å². The number of methoxy groups -OCH3 is 1. The summed E-state index contributed by atoms with van der Waals surface area (Å²) in [5, 5.41) is 19.8. The van der Waals surface area contributed by atoms with Crippen LogP contribution in [0.3, 0.4) is 0 Å². The van der Waals surface area contributed by atoms with Gasteiger partial charge in [0, 0.05) is 25.3 Å². The van der Waals surface area contributed by atoms with Gasteiger partial charge in [-0.25, -0.2) is 9.59 Å². The number of unbranched alkanes of at least 4 members (excludes halogenated alkanes) is 6. The van der Waals surface area contributed by atoms with E-state index in [1.54, 1.807) is 19.2 Å². The molecule has 65 heavy (non-hydrogen) atoms. The number of hydrogen-bond donors (Lipinski definition) is 0. The molecule has 0 spiro atoms. The maximum absolute atomic E-state index is 13.7. The van der Waals surface area contributed by atoms with E-state index in [0.717, 1.165) is 55.1 Å². The van der Waals surface area contributed by atoms with Crippen LogP contribution in [0.5, 0.6) is 11.5 Å². The van der Waals surface area contributed by atoms with Crippen LogP contribution in [0.25, 0.3) is 0 Å². The molecule has 0 radical (unpaired) electrons. The van der Waals surface area contributed by atoms with Crippen LogP contribution in [0.2, 0.25) is 5.02 Å². The number of carbonyl (C=O) groups excluding carboxylic acids is 2. The molecule has 2 aliphatic heterocycles.